The van der Waals surface area contributed by atoms with Crippen molar-refractivity contribution in [3.8, 4) is 6.07 Å². The molecule has 0 unspecified atom stereocenters. The van der Waals surface area contributed by atoms with Gasteiger partial charge in [-0.2, -0.15) is 5.26 Å². The number of hydrogen-bond acceptors (Lipinski definition) is 5. The Morgan fingerprint density at radius 1 is 1.39 bits per heavy atom. The summed E-state index contributed by atoms with van der Waals surface area (Å²) in [7, 11) is 1.56. The molecular formula is C16H15N3O4. The number of ether oxygens (including phenoxy) is 1. The molecule has 1 aromatic carbocycles. The first-order valence-electron chi connectivity index (χ1n) is 7.20. The van der Waals surface area contributed by atoms with E-state index in [1.165, 1.54) is 4.90 Å². The highest BCUT2D eigenvalue weighted by atomic mass is 16.5. The van der Waals surface area contributed by atoms with E-state index in [9.17, 15) is 19.6 Å². The van der Waals surface area contributed by atoms with Crippen LogP contribution in [0.3, 0.4) is 0 Å². The summed E-state index contributed by atoms with van der Waals surface area (Å²) in [4.78, 5) is 37.6. The fraction of sp³-hybridized carbons (Fsp3) is 0.375. The largest absolute Gasteiger partial charge is 0.380 e. The molecule has 23 heavy (non-hydrogen) atoms. The van der Waals surface area contributed by atoms with Gasteiger partial charge in [-0.25, -0.2) is 0 Å². The smallest absolute Gasteiger partial charge is 0.267 e. The average Bonchev–Trinajstić information content (AvgIpc) is 2.86. The number of benzene rings is 1. The zero-order chi connectivity index (χ0) is 16.6. The van der Waals surface area contributed by atoms with E-state index in [2.05, 4.69) is 5.32 Å². The second-order valence-electron chi connectivity index (χ2n) is 5.67. The van der Waals surface area contributed by atoms with Gasteiger partial charge in [0, 0.05) is 32.1 Å². The molecule has 2 aliphatic rings. The van der Waals surface area contributed by atoms with Crippen LogP contribution in [0.4, 0.5) is 0 Å². The van der Waals surface area contributed by atoms with Crippen LogP contribution in [-0.4, -0.2) is 35.3 Å². The first-order chi connectivity index (χ1) is 11.0. The number of nitriles is 1. The lowest BCUT2D eigenvalue weighted by atomic mass is 9.88. The maximum absolute atomic E-state index is 12.7. The first-order valence-corrected chi connectivity index (χ1v) is 7.20. The molecule has 3 amide bonds. The summed E-state index contributed by atoms with van der Waals surface area (Å²) >= 11 is 0. The molecule has 1 atom stereocenters. The van der Waals surface area contributed by atoms with Crippen molar-refractivity contribution < 1.29 is 19.1 Å². The Morgan fingerprint density at radius 3 is 2.83 bits per heavy atom. The van der Waals surface area contributed by atoms with E-state index in [0.717, 1.165) is 11.1 Å². The zero-order valence-corrected chi connectivity index (χ0v) is 12.6. The van der Waals surface area contributed by atoms with E-state index in [-0.39, 0.29) is 25.3 Å². The maximum Gasteiger partial charge on any atom is 0.267 e. The van der Waals surface area contributed by atoms with Gasteiger partial charge in [-0.05, 0) is 17.2 Å². The SMILES string of the molecule is COCc1ccc2c(c1)C(=O)N([C@@]1(C#N)CCC(=O)NC1=O)C2. The number of piperidine rings is 1. The second-order valence-corrected chi connectivity index (χ2v) is 5.67. The topological polar surface area (TPSA) is 99.5 Å². The van der Waals surface area contributed by atoms with Crippen molar-refractivity contribution in [2.45, 2.75) is 31.5 Å². The van der Waals surface area contributed by atoms with E-state index in [1.54, 1.807) is 19.2 Å². The van der Waals surface area contributed by atoms with Crippen molar-refractivity contribution in [1.82, 2.24) is 10.2 Å². The third-order valence-corrected chi connectivity index (χ3v) is 4.28. The normalized spacial score (nSPS) is 23.5. The van der Waals surface area contributed by atoms with Gasteiger partial charge in [0.2, 0.25) is 11.4 Å². The summed E-state index contributed by atoms with van der Waals surface area (Å²) in [6.45, 7) is 0.551. The third kappa shape index (κ3) is 2.28. The average molecular weight is 313 g/mol. The Bertz CT molecular complexity index is 752. The molecule has 0 radical (unpaired) electrons. The summed E-state index contributed by atoms with van der Waals surface area (Å²) < 4.78 is 5.06. The monoisotopic (exact) mass is 313 g/mol. The Labute approximate surface area is 132 Å². The predicted molar refractivity (Wildman–Crippen MR) is 77.8 cm³/mol. The summed E-state index contributed by atoms with van der Waals surface area (Å²) in [6, 6.07) is 7.33. The molecule has 1 saturated heterocycles. The van der Waals surface area contributed by atoms with Crippen LogP contribution in [0.2, 0.25) is 0 Å². The van der Waals surface area contributed by atoms with Gasteiger partial charge in [-0.3, -0.25) is 19.7 Å². The number of imide groups is 1. The molecule has 2 heterocycles. The van der Waals surface area contributed by atoms with Crippen molar-refractivity contribution in [3.63, 3.8) is 0 Å². The summed E-state index contributed by atoms with van der Waals surface area (Å²) in [5.74, 6) is -1.52. The van der Waals surface area contributed by atoms with Crippen molar-refractivity contribution >= 4 is 17.7 Å². The molecule has 0 aliphatic carbocycles. The number of methoxy groups -OCH3 is 1. The molecule has 0 spiro atoms. The van der Waals surface area contributed by atoms with E-state index in [1.807, 2.05) is 12.1 Å². The van der Waals surface area contributed by atoms with E-state index >= 15 is 0 Å². The molecule has 0 saturated carbocycles. The van der Waals surface area contributed by atoms with Crippen LogP contribution in [0.5, 0.6) is 0 Å². The van der Waals surface area contributed by atoms with Crippen molar-refractivity contribution in [2.75, 3.05) is 7.11 Å². The Balaban J connectivity index is 1.96. The molecular weight excluding hydrogens is 298 g/mol. The number of nitrogens with zero attached hydrogens (tertiary/aromatic N) is 2. The van der Waals surface area contributed by atoms with Gasteiger partial charge in [-0.15, -0.1) is 0 Å². The number of rotatable bonds is 3. The zero-order valence-electron chi connectivity index (χ0n) is 12.6. The Morgan fingerprint density at radius 2 is 2.17 bits per heavy atom. The standard InChI is InChI=1S/C16H15N3O4/c1-23-8-10-2-3-11-7-19(14(21)12(11)6-10)16(9-17)5-4-13(20)18-15(16)22/h2-3,6H,4-5,7-8H2,1H3,(H,18,20,22)/t16-/m1/s1. The number of carbonyl (C=O) groups excluding carboxylic acids is 3. The minimum absolute atomic E-state index is 0.0127. The van der Waals surface area contributed by atoms with Crippen LogP contribution < -0.4 is 5.32 Å². The lowest BCUT2D eigenvalue weighted by molar-refractivity contribution is -0.140. The third-order valence-electron chi connectivity index (χ3n) is 4.28. The molecule has 7 nitrogen and oxygen atoms in total. The highest BCUT2D eigenvalue weighted by molar-refractivity contribution is 6.09. The Hall–Kier alpha value is -2.72. The highest BCUT2D eigenvalue weighted by Gasteiger charge is 2.52. The van der Waals surface area contributed by atoms with Gasteiger partial charge in [0.15, 0.2) is 0 Å². The molecule has 0 bridgehead atoms. The fourth-order valence-electron chi connectivity index (χ4n) is 3.04. The van der Waals surface area contributed by atoms with Crippen molar-refractivity contribution in [1.29, 1.82) is 5.26 Å². The fourth-order valence-corrected chi connectivity index (χ4v) is 3.04. The number of carbonyl (C=O) groups is 3. The van der Waals surface area contributed by atoms with Crippen LogP contribution in [0.25, 0.3) is 0 Å². The molecule has 7 heteroatoms. The molecule has 1 aromatic rings. The number of amides is 3. The van der Waals surface area contributed by atoms with Gasteiger partial charge in [-0.1, -0.05) is 12.1 Å². The number of hydrogen-bond donors (Lipinski definition) is 1. The summed E-state index contributed by atoms with van der Waals surface area (Å²) in [5, 5.41) is 11.7. The molecule has 118 valence electrons. The minimum Gasteiger partial charge on any atom is -0.380 e. The van der Waals surface area contributed by atoms with Gasteiger partial charge >= 0.3 is 0 Å². The molecule has 1 fully saturated rings. The highest BCUT2D eigenvalue weighted by Crippen LogP contribution is 2.34. The quantitative estimate of drug-likeness (QED) is 0.819. The Kier molecular flexibility index (Phi) is 3.62. The van der Waals surface area contributed by atoms with E-state index in [4.69, 9.17) is 4.74 Å². The van der Waals surface area contributed by atoms with Crippen LogP contribution in [0.15, 0.2) is 18.2 Å². The van der Waals surface area contributed by atoms with Crippen LogP contribution in [-0.2, 0) is 27.5 Å². The van der Waals surface area contributed by atoms with Gasteiger partial charge in [0.05, 0.1) is 6.61 Å². The summed E-state index contributed by atoms with van der Waals surface area (Å²) in [5.41, 5.74) is 0.439. The van der Waals surface area contributed by atoms with Gasteiger partial charge in [0.25, 0.3) is 11.8 Å². The maximum atomic E-state index is 12.7. The van der Waals surface area contributed by atoms with Crippen LogP contribution >= 0.6 is 0 Å². The van der Waals surface area contributed by atoms with Crippen LogP contribution in [0, 0.1) is 11.3 Å². The molecule has 1 N–H and O–H groups in total. The van der Waals surface area contributed by atoms with Gasteiger partial charge in [0.1, 0.15) is 6.07 Å². The predicted octanol–water partition coefficient (Wildman–Crippen LogP) is 0.488. The molecule has 0 aromatic heterocycles. The summed E-state index contributed by atoms with van der Waals surface area (Å²) in [6.07, 6.45) is 0.0488. The van der Waals surface area contributed by atoms with Crippen LogP contribution in [0.1, 0.15) is 34.3 Å². The molecule has 3 rings (SSSR count). The molecule has 2 aliphatic heterocycles. The lowest BCUT2D eigenvalue weighted by Crippen LogP contribution is -2.62. The van der Waals surface area contributed by atoms with Gasteiger partial charge < -0.3 is 9.64 Å². The minimum atomic E-state index is -1.63. The lowest BCUT2D eigenvalue weighted by Gasteiger charge is -2.36. The van der Waals surface area contributed by atoms with E-state index in [0.29, 0.717) is 12.2 Å². The number of fused-ring (bicyclic) bond motifs is 1. The van der Waals surface area contributed by atoms with Crippen molar-refractivity contribution in [3.05, 3.63) is 34.9 Å². The second kappa shape index (κ2) is 5.48. The van der Waals surface area contributed by atoms with E-state index < -0.39 is 17.4 Å². The number of nitrogens with one attached hydrogen (secondary N) is 1. The first kappa shape index (κ1) is 15.2. The van der Waals surface area contributed by atoms with Crippen molar-refractivity contribution in [2.24, 2.45) is 0 Å².